The quantitative estimate of drug-likeness (QED) is 0.859. The monoisotopic (exact) mass is 385 g/mol. The number of H-pyrrole nitrogens is 1. The molecule has 0 saturated carbocycles. The van der Waals surface area contributed by atoms with E-state index >= 15 is 0 Å². The first-order chi connectivity index (χ1) is 13.3. The molecule has 1 aromatic heterocycles. The van der Waals surface area contributed by atoms with E-state index in [2.05, 4.69) is 11.9 Å². The Labute approximate surface area is 161 Å². The van der Waals surface area contributed by atoms with Gasteiger partial charge in [0.25, 0.3) is 11.5 Å². The molecule has 1 unspecified atom stereocenters. The van der Waals surface area contributed by atoms with Crippen LogP contribution in [0.1, 0.15) is 35.7 Å². The Bertz CT molecular complexity index is 1040. The molecule has 0 spiro atoms. The standard InChI is InChI=1S/C20H23N3O5/c1-20(9-13-4-5-15-16(8-13)28-12-27-15)6-3-7-23(11-20)18(25)14-10-22(2)19(26)21-17(14)24/h4-5,8,10H,3,6-7,9,11-12H2,1-2H3,(H,21,24,26). The van der Waals surface area contributed by atoms with Gasteiger partial charge in [0.1, 0.15) is 5.56 Å². The molecule has 1 atom stereocenters. The molecule has 1 saturated heterocycles. The summed E-state index contributed by atoms with van der Waals surface area (Å²) in [6, 6.07) is 5.93. The fourth-order valence-electron chi connectivity index (χ4n) is 4.06. The highest BCUT2D eigenvalue weighted by Gasteiger charge is 2.34. The minimum atomic E-state index is -0.642. The number of nitrogens with zero attached hydrogens (tertiary/aromatic N) is 2. The first-order valence-corrected chi connectivity index (χ1v) is 9.32. The van der Waals surface area contributed by atoms with Crippen molar-refractivity contribution in [2.45, 2.75) is 26.2 Å². The number of piperidine rings is 1. The average molecular weight is 385 g/mol. The number of fused-ring (bicyclic) bond motifs is 1. The second-order valence-corrected chi connectivity index (χ2v) is 7.92. The lowest BCUT2D eigenvalue weighted by molar-refractivity contribution is 0.0548. The first kappa shape index (κ1) is 18.3. The van der Waals surface area contributed by atoms with Crippen LogP contribution in [0, 0.1) is 5.41 Å². The van der Waals surface area contributed by atoms with Crippen LogP contribution >= 0.6 is 0 Å². The maximum Gasteiger partial charge on any atom is 0.328 e. The van der Waals surface area contributed by atoms with Crippen molar-refractivity contribution in [2.75, 3.05) is 19.9 Å². The third-order valence-electron chi connectivity index (χ3n) is 5.47. The van der Waals surface area contributed by atoms with Crippen molar-refractivity contribution in [3.63, 3.8) is 0 Å². The average Bonchev–Trinajstić information content (AvgIpc) is 3.11. The van der Waals surface area contributed by atoms with E-state index in [0.717, 1.165) is 36.3 Å². The molecule has 8 nitrogen and oxygen atoms in total. The molecule has 2 aromatic rings. The SMILES string of the molecule is Cn1cc(C(=O)N2CCCC(C)(Cc3ccc4c(c3)OCO4)C2)c(=O)[nH]c1=O. The summed E-state index contributed by atoms with van der Waals surface area (Å²) in [6.07, 6.45) is 3.94. The number of aromatic nitrogens is 2. The fraction of sp³-hybridized carbons (Fsp3) is 0.450. The van der Waals surface area contributed by atoms with E-state index in [9.17, 15) is 14.4 Å². The Morgan fingerprint density at radius 3 is 2.86 bits per heavy atom. The summed E-state index contributed by atoms with van der Waals surface area (Å²) in [5.74, 6) is 1.17. The van der Waals surface area contributed by atoms with Gasteiger partial charge in [-0.3, -0.25) is 14.6 Å². The van der Waals surface area contributed by atoms with Crippen molar-refractivity contribution in [1.82, 2.24) is 14.5 Å². The van der Waals surface area contributed by atoms with Gasteiger partial charge in [0.2, 0.25) is 6.79 Å². The zero-order chi connectivity index (χ0) is 19.9. The van der Waals surface area contributed by atoms with Gasteiger partial charge in [0.15, 0.2) is 11.5 Å². The molecule has 2 aliphatic rings. The molecule has 28 heavy (non-hydrogen) atoms. The van der Waals surface area contributed by atoms with E-state index in [4.69, 9.17) is 9.47 Å². The Hall–Kier alpha value is -3.03. The summed E-state index contributed by atoms with van der Waals surface area (Å²) in [7, 11) is 1.51. The Morgan fingerprint density at radius 2 is 2.04 bits per heavy atom. The normalized spacial score (nSPS) is 21.0. The zero-order valence-corrected chi connectivity index (χ0v) is 16.0. The second kappa shape index (κ2) is 6.85. The van der Waals surface area contributed by atoms with E-state index in [1.54, 1.807) is 4.90 Å². The molecule has 2 aliphatic heterocycles. The molecule has 8 heteroatoms. The lowest BCUT2D eigenvalue weighted by atomic mass is 9.76. The number of aryl methyl sites for hydroxylation is 1. The molecular weight excluding hydrogens is 362 g/mol. The number of carbonyl (C=O) groups excluding carboxylic acids is 1. The van der Waals surface area contributed by atoms with E-state index in [0.29, 0.717) is 13.1 Å². The number of hydrogen-bond donors (Lipinski definition) is 1. The Kier molecular flexibility index (Phi) is 4.49. The summed E-state index contributed by atoms with van der Waals surface area (Å²) < 4.78 is 12.0. The van der Waals surface area contributed by atoms with Crippen LogP contribution in [-0.2, 0) is 13.5 Å². The number of amides is 1. The molecule has 1 aromatic carbocycles. The van der Waals surface area contributed by atoms with Crippen molar-refractivity contribution in [3.8, 4) is 11.5 Å². The number of hydrogen-bond acceptors (Lipinski definition) is 5. The summed E-state index contributed by atoms with van der Waals surface area (Å²) in [5.41, 5.74) is -0.172. The van der Waals surface area contributed by atoms with E-state index in [1.807, 2.05) is 18.2 Å². The van der Waals surface area contributed by atoms with Crippen LogP contribution in [0.3, 0.4) is 0 Å². The molecule has 1 fully saturated rings. The van der Waals surface area contributed by atoms with Crippen molar-refractivity contribution >= 4 is 5.91 Å². The summed E-state index contributed by atoms with van der Waals surface area (Å²) >= 11 is 0. The van der Waals surface area contributed by atoms with Gasteiger partial charge in [-0.25, -0.2) is 4.79 Å². The van der Waals surface area contributed by atoms with Crippen LogP contribution in [-0.4, -0.2) is 40.2 Å². The maximum absolute atomic E-state index is 12.9. The maximum atomic E-state index is 12.9. The lowest BCUT2D eigenvalue weighted by Gasteiger charge is -2.40. The number of ether oxygens (including phenoxy) is 2. The largest absolute Gasteiger partial charge is 0.454 e. The third-order valence-corrected chi connectivity index (χ3v) is 5.47. The van der Waals surface area contributed by atoms with Crippen LogP contribution in [0.4, 0.5) is 0 Å². The van der Waals surface area contributed by atoms with Crippen LogP contribution in [0.2, 0.25) is 0 Å². The second-order valence-electron chi connectivity index (χ2n) is 7.92. The van der Waals surface area contributed by atoms with Gasteiger partial charge >= 0.3 is 5.69 Å². The predicted octanol–water partition coefficient (Wildman–Crippen LogP) is 1.29. The number of rotatable bonds is 3. The van der Waals surface area contributed by atoms with Crippen molar-refractivity contribution in [3.05, 3.63) is 56.4 Å². The van der Waals surface area contributed by atoms with Gasteiger partial charge < -0.3 is 18.9 Å². The number of carbonyl (C=O) groups is 1. The smallest absolute Gasteiger partial charge is 0.328 e. The molecule has 1 N–H and O–H groups in total. The number of likely N-dealkylation sites (tertiary alicyclic amines) is 1. The van der Waals surface area contributed by atoms with Gasteiger partial charge in [-0.1, -0.05) is 13.0 Å². The molecular formula is C20H23N3O5. The molecule has 0 bridgehead atoms. The highest BCUT2D eigenvalue weighted by molar-refractivity contribution is 5.93. The molecule has 3 heterocycles. The van der Waals surface area contributed by atoms with Crippen LogP contribution in [0.5, 0.6) is 11.5 Å². The zero-order valence-electron chi connectivity index (χ0n) is 16.0. The summed E-state index contributed by atoms with van der Waals surface area (Å²) in [6.45, 7) is 3.54. The predicted molar refractivity (Wildman–Crippen MR) is 102 cm³/mol. The van der Waals surface area contributed by atoms with Crippen LogP contribution in [0.15, 0.2) is 34.0 Å². The van der Waals surface area contributed by atoms with E-state index in [1.165, 1.54) is 17.8 Å². The highest BCUT2D eigenvalue weighted by atomic mass is 16.7. The Balaban J connectivity index is 1.53. The molecule has 0 radical (unpaired) electrons. The van der Waals surface area contributed by atoms with Gasteiger partial charge in [-0.15, -0.1) is 0 Å². The highest BCUT2D eigenvalue weighted by Crippen LogP contribution is 2.37. The number of benzene rings is 1. The Morgan fingerprint density at radius 1 is 1.25 bits per heavy atom. The van der Waals surface area contributed by atoms with Gasteiger partial charge in [0, 0.05) is 26.3 Å². The first-order valence-electron chi connectivity index (χ1n) is 9.32. The minimum absolute atomic E-state index is 0.00516. The fourth-order valence-corrected chi connectivity index (χ4v) is 4.06. The van der Waals surface area contributed by atoms with E-state index in [-0.39, 0.29) is 23.7 Å². The third kappa shape index (κ3) is 3.42. The molecule has 0 aliphatic carbocycles. The number of aromatic amines is 1. The molecule has 1 amide bonds. The van der Waals surface area contributed by atoms with Crippen molar-refractivity contribution < 1.29 is 14.3 Å². The summed E-state index contributed by atoms with van der Waals surface area (Å²) in [5, 5.41) is 0. The van der Waals surface area contributed by atoms with Gasteiger partial charge in [-0.05, 0) is 42.4 Å². The van der Waals surface area contributed by atoms with Crippen molar-refractivity contribution in [1.29, 1.82) is 0 Å². The van der Waals surface area contributed by atoms with Crippen LogP contribution < -0.4 is 20.7 Å². The summed E-state index contributed by atoms with van der Waals surface area (Å²) in [4.78, 5) is 40.5. The number of nitrogens with one attached hydrogen (secondary N) is 1. The van der Waals surface area contributed by atoms with Gasteiger partial charge in [-0.2, -0.15) is 0 Å². The van der Waals surface area contributed by atoms with Crippen molar-refractivity contribution in [2.24, 2.45) is 12.5 Å². The van der Waals surface area contributed by atoms with E-state index < -0.39 is 11.2 Å². The molecule has 4 rings (SSSR count). The molecule has 148 valence electrons. The topological polar surface area (TPSA) is 93.6 Å². The van der Waals surface area contributed by atoms with Gasteiger partial charge in [0.05, 0.1) is 0 Å². The van der Waals surface area contributed by atoms with Crippen LogP contribution in [0.25, 0.3) is 0 Å². The minimum Gasteiger partial charge on any atom is -0.454 e. The lowest BCUT2D eigenvalue weighted by Crippen LogP contribution is -2.47.